The summed E-state index contributed by atoms with van der Waals surface area (Å²) in [6, 6.07) is 13.8. The number of ether oxygens (including phenoxy) is 2. The minimum Gasteiger partial charge on any atom is -0.490 e. The first-order valence-corrected chi connectivity index (χ1v) is 9.02. The van der Waals surface area contributed by atoms with Gasteiger partial charge in [-0.3, -0.25) is 9.59 Å². The lowest BCUT2D eigenvalue weighted by atomic mass is 9.99. The zero-order chi connectivity index (χ0) is 19.6. The number of carboxylic acid groups (broad SMARTS) is 1. The predicted octanol–water partition coefficient (Wildman–Crippen LogP) is 3.47. The highest BCUT2D eigenvalue weighted by atomic mass is 16.5. The minimum atomic E-state index is -0.986. The van der Waals surface area contributed by atoms with E-state index in [4.69, 9.17) is 9.47 Å². The fourth-order valence-corrected chi connectivity index (χ4v) is 2.58. The molecular formula is C21H25NO5. The average Bonchev–Trinajstić information content (AvgIpc) is 2.67. The number of amides is 1. The summed E-state index contributed by atoms with van der Waals surface area (Å²) >= 11 is 0. The number of carbonyl (C=O) groups is 2. The molecule has 0 spiro atoms. The molecule has 1 unspecified atom stereocenters. The van der Waals surface area contributed by atoms with Crippen LogP contribution in [0.25, 0.3) is 0 Å². The summed E-state index contributed by atoms with van der Waals surface area (Å²) in [5.41, 5.74) is 1.03. The van der Waals surface area contributed by atoms with Gasteiger partial charge in [0.05, 0.1) is 19.1 Å². The number of aliphatic carboxylic acids is 1. The van der Waals surface area contributed by atoms with Crippen molar-refractivity contribution in [2.75, 3.05) is 19.8 Å². The Kier molecular flexibility index (Phi) is 7.67. The van der Waals surface area contributed by atoms with E-state index in [1.807, 2.05) is 19.9 Å². The van der Waals surface area contributed by atoms with E-state index in [1.165, 1.54) is 0 Å². The van der Waals surface area contributed by atoms with Crippen LogP contribution in [0.1, 0.15) is 42.1 Å². The monoisotopic (exact) mass is 371 g/mol. The summed E-state index contributed by atoms with van der Waals surface area (Å²) in [7, 11) is 0. The molecule has 144 valence electrons. The molecule has 0 saturated carbocycles. The second kappa shape index (κ2) is 10.2. The molecule has 2 rings (SSSR count). The van der Waals surface area contributed by atoms with Crippen molar-refractivity contribution in [3.8, 4) is 11.5 Å². The molecule has 0 aliphatic carbocycles. The molecule has 1 atom stereocenters. The Morgan fingerprint density at radius 3 is 2.41 bits per heavy atom. The molecule has 0 radical (unpaired) electrons. The van der Waals surface area contributed by atoms with E-state index in [0.717, 1.165) is 6.42 Å². The zero-order valence-electron chi connectivity index (χ0n) is 15.6. The Morgan fingerprint density at radius 1 is 1.04 bits per heavy atom. The van der Waals surface area contributed by atoms with Gasteiger partial charge in [-0.25, -0.2) is 0 Å². The number of benzene rings is 2. The maximum atomic E-state index is 12.5. The number of hydrogen-bond donors (Lipinski definition) is 2. The van der Waals surface area contributed by atoms with Gasteiger partial charge in [-0.05, 0) is 37.1 Å². The van der Waals surface area contributed by atoms with Crippen LogP contribution in [0.4, 0.5) is 0 Å². The average molecular weight is 371 g/mol. The van der Waals surface area contributed by atoms with Crippen molar-refractivity contribution in [2.45, 2.75) is 26.2 Å². The molecule has 2 aromatic rings. The highest BCUT2D eigenvalue weighted by molar-refractivity contribution is 5.95. The molecule has 0 fully saturated rings. The third-order valence-electron chi connectivity index (χ3n) is 3.93. The first-order chi connectivity index (χ1) is 13.1. The zero-order valence-corrected chi connectivity index (χ0v) is 15.6. The summed E-state index contributed by atoms with van der Waals surface area (Å²) in [4.78, 5) is 24.0. The molecule has 2 aromatic carbocycles. The standard InChI is InChI=1S/C21H25NO5/c1-3-12-27-18-11-10-16(13-19(18)26-4-2)20(23)22-14-17(21(24)25)15-8-6-5-7-9-15/h5-11,13,17H,3-4,12,14H2,1-2H3,(H,22,23)(H,24,25). The van der Waals surface area contributed by atoms with Crippen molar-refractivity contribution < 1.29 is 24.2 Å². The molecule has 0 heterocycles. The first-order valence-electron chi connectivity index (χ1n) is 9.02. The lowest BCUT2D eigenvalue weighted by Crippen LogP contribution is -2.31. The van der Waals surface area contributed by atoms with E-state index in [1.54, 1.807) is 42.5 Å². The van der Waals surface area contributed by atoms with Crippen LogP contribution in [0, 0.1) is 0 Å². The predicted molar refractivity (Wildman–Crippen MR) is 103 cm³/mol. The number of rotatable bonds is 10. The van der Waals surface area contributed by atoms with Gasteiger partial charge in [-0.1, -0.05) is 37.3 Å². The Morgan fingerprint density at radius 2 is 1.78 bits per heavy atom. The summed E-state index contributed by atoms with van der Waals surface area (Å²) < 4.78 is 11.2. The second-order valence-electron chi connectivity index (χ2n) is 5.95. The normalized spacial score (nSPS) is 11.5. The van der Waals surface area contributed by atoms with Crippen LogP contribution in [-0.2, 0) is 4.79 Å². The van der Waals surface area contributed by atoms with Crippen molar-refractivity contribution >= 4 is 11.9 Å². The molecule has 0 aliphatic heterocycles. The van der Waals surface area contributed by atoms with E-state index in [-0.39, 0.29) is 12.5 Å². The molecule has 0 bridgehead atoms. The molecular weight excluding hydrogens is 346 g/mol. The van der Waals surface area contributed by atoms with Gasteiger partial charge >= 0.3 is 5.97 Å². The van der Waals surface area contributed by atoms with Gasteiger partial charge in [0.1, 0.15) is 0 Å². The number of hydrogen-bond acceptors (Lipinski definition) is 4. The summed E-state index contributed by atoms with van der Waals surface area (Å²) in [6.45, 7) is 4.86. The topological polar surface area (TPSA) is 84.9 Å². The fraction of sp³-hybridized carbons (Fsp3) is 0.333. The summed E-state index contributed by atoms with van der Waals surface area (Å²) in [5.74, 6) is -1.08. The maximum Gasteiger partial charge on any atom is 0.312 e. The van der Waals surface area contributed by atoms with E-state index >= 15 is 0 Å². The van der Waals surface area contributed by atoms with Crippen LogP contribution >= 0.6 is 0 Å². The van der Waals surface area contributed by atoms with Crippen molar-refractivity contribution in [3.63, 3.8) is 0 Å². The molecule has 27 heavy (non-hydrogen) atoms. The SMILES string of the molecule is CCCOc1ccc(C(=O)NCC(C(=O)O)c2ccccc2)cc1OCC. The molecule has 6 heteroatoms. The van der Waals surface area contributed by atoms with Crippen molar-refractivity contribution in [1.82, 2.24) is 5.32 Å². The van der Waals surface area contributed by atoms with Crippen LogP contribution < -0.4 is 14.8 Å². The second-order valence-corrected chi connectivity index (χ2v) is 5.95. The number of carbonyl (C=O) groups excluding carboxylic acids is 1. The van der Waals surface area contributed by atoms with Gasteiger partial charge in [-0.15, -0.1) is 0 Å². The highest BCUT2D eigenvalue weighted by Gasteiger charge is 2.21. The third-order valence-corrected chi connectivity index (χ3v) is 3.93. The van der Waals surface area contributed by atoms with Gasteiger partial charge in [0.15, 0.2) is 11.5 Å². The van der Waals surface area contributed by atoms with Crippen molar-refractivity contribution in [2.24, 2.45) is 0 Å². The molecule has 0 aromatic heterocycles. The van der Waals surface area contributed by atoms with Crippen LogP contribution in [0.15, 0.2) is 48.5 Å². The van der Waals surface area contributed by atoms with Gasteiger partial charge in [0.2, 0.25) is 0 Å². The summed E-state index contributed by atoms with van der Waals surface area (Å²) in [6.07, 6.45) is 0.865. The van der Waals surface area contributed by atoms with Crippen LogP contribution in [-0.4, -0.2) is 36.7 Å². The molecule has 2 N–H and O–H groups in total. The Hall–Kier alpha value is -3.02. The van der Waals surface area contributed by atoms with Gasteiger partial charge in [-0.2, -0.15) is 0 Å². The molecule has 1 amide bonds. The van der Waals surface area contributed by atoms with Crippen molar-refractivity contribution in [1.29, 1.82) is 0 Å². The van der Waals surface area contributed by atoms with Crippen molar-refractivity contribution in [3.05, 3.63) is 59.7 Å². The maximum absolute atomic E-state index is 12.5. The van der Waals surface area contributed by atoms with Crippen LogP contribution in [0.5, 0.6) is 11.5 Å². The molecule has 6 nitrogen and oxygen atoms in total. The number of nitrogens with one attached hydrogen (secondary N) is 1. The van der Waals surface area contributed by atoms with Gasteiger partial charge in [0, 0.05) is 12.1 Å². The van der Waals surface area contributed by atoms with Crippen LogP contribution in [0.2, 0.25) is 0 Å². The lowest BCUT2D eigenvalue weighted by Gasteiger charge is -2.15. The van der Waals surface area contributed by atoms with E-state index in [0.29, 0.717) is 35.8 Å². The van der Waals surface area contributed by atoms with E-state index < -0.39 is 11.9 Å². The lowest BCUT2D eigenvalue weighted by molar-refractivity contribution is -0.138. The largest absolute Gasteiger partial charge is 0.490 e. The van der Waals surface area contributed by atoms with E-state index in [9.17, 15) is 14.7 Å². The highest BCUT2D eigenvalue weighted by Crippen LogP contribution is 2.28. The summed E-state index contributed by atoms with van der Waals surface area (Å²) in [5, 5.41) is 12.1. The Balaban J connectivity index is 2.10. The third kappa shape index (κ3) is 5.74. The fourth-order valence-electron chi connectivity index (χ4n) is 2.58. The van der Waals surface area contributed by atoms with E-state index in [2.05, 4.69) is 5.32 Å². The molecule has 0 saturated heterocycles. The smallest absolute Gasteiger partial charge is 0.312 e. The van der Waals surface area contributed by atoms with Crippen LogP contribution in [0.3, 0.4) is 0 Å². The van der Waals surface area contributed by atoms with Gasteiger partial charge in [0.25, 0.3) is 5.91 Å². The first kappa shape index (κ1) is 20.3. The number of carboxylic acids is 1. The Labute approximate surface area is 159 Å². The molecule has 0 aliphatic rings. The quantitative estimate of drug-likeness (QED) is 0.668. The Bertz CT molecular complexity index is 760. The van der Waals surface area contributed by atoms with Gasteiger partial charge < -0.3 is 19.9 Å². The minimum absolute atomic E-state index is 0.00374.